The summed E-state index contributed by atoms with van der Waals surface area (Å²) >= 11 is 0. The maximum atomic E-state index is 11.2. The van der Waals surface area contributed by atoms with Crippen molar-refractivity contribution in [2.24, 2.45) is 0 Å². The van der Waals surface area contributed by atoms with Gasteiger partial charge in [0.05, 0.1) is 24.1 Å². The molecule has 0 aromatic heterocycles. The lowest BCUT2D eigenvalue weighted by Gasteiger charge is -2.37. The predicted octanol–water partition coefficient (Wildman–Crippen LogP) is 1.99. The zero-order valence-electron chi connectivity index (χ0n) is 10.6. The van der Waals surface area contributed by atoms with E-state index in [9.17, 15) is 4.79 Å². The van der Waals surface area contributed by atoms with E-state index in [1.807, 2.05) is 13.8 Å². The molecule has 0 bridgehead atoms. The average molecular weight is 242 g/mol. The van der Waals surface area contributed by atoms with Gasteiger partial charge in [-0.1, -0.05) is 0 Å². The molecule has 1 atom stereocenters. The molecule has 1 amide bonds. The van der Waals surface area contributed by atoms with Gasteiger partial charge in [0.25, 0.3) is 0 Å². The molecule has 2 rings (SSSR count). The molecule has 1 N–H and O–H groups in total. The first-order valence-corrected chi connectivity index (χ1v) is 5.69. The van der Waals surface area contributed by atoms with Crippen LogP contribution in [0, 0.1) is 17.8 Å². The minimum absolute atomic E-state index is 0.140. The number of ether oxygens (including phenoxy) is 1. The number of rotatable bonds is 1. The van der Waals surface area contributed by atoms with E-state index in [0.29, 0.717) is 11.3 Å². The number of benzene rings is 1. The van der Waals surface area contributed by atoms with Crippen molar-refractivity contribution in [2.75, 3.05) is 0 Å². The lowest BCUT2D eigenvalue weighted by atomic mass is 9.89. The topological polar surface area (TPSA) is 62.1 Å². The summed E-state index contributed by atoms with van der Waals surface area (Å²) in [7, 11) is 0. The van der Waals surface area contributed by atoms with Crippen LogP contribution in [0.2, 0.25) is 0 Å². The van der Waals surface area contributed by atoms with Gasteiger partial charge in [-0.3, -0.25) is 4.79 Å². The van der Waals surface area contributed by atoms with Gasteiger partial charge in [-0.2, -0.15) is 5.26 Å². The summed E-state index contributed by atoms with van der Waals surface area (Å²) in [5.41, 5.74) is 0.728. The number of amides is 1. The summed E-state index contributed by atoms with van der Waals surface area (Å²) in [6, 6.07) is 6.90. The van der Waals surface area contributed by atoms with Gasteiger partial charge in [0.2, 0.25) is 5.91 Å². The summed E-state index contributed by atoms with van der Waals surface area (Å²) in [6.07, 6.45) is 3.17. The van der Waals surface area contributed by atoms with Crippen LogP contribution in [0.15, 0.2) is 18.2 Å². The number of hydrogen-bond donors (Lipinski definition) is 1. The quantitative estimate of drug-likeness (QED) is 0.819. The zero-order chi connectivity index (χ0) is 13.3. The van der Waals surface area contributed by atoms with Gasteiger partial charge in [0.1, 0.15) is 11.4 Å². The SMILES string of the molecule is CC(=O)NC1[C]C(C)(C)Oc2ccc(C#N)cc21. The highest BCUT2D eigenvalue weighted by molar-refractivity contribution is 5.74. The minimum atomic E-state index is -0.575. The number of carbonyl (C=O) groups is 1. The van der Waals surface area contributed by atoms with Crippen molar-refractivity contribution in [3.63, 3.8) is 0 Å². The lowest BCUT2D eigenvalue weighted by Crippen LogP contribution is -2.41. The van der Waals surface area contributed by atoms with E-state index < -0.39 is 5.60 Å². The smallest absolute Gasteiger partial charge is 0.217 e. The maximum Gasteiger partial charge on any atom is 0.217 e. The molecule has 2 radical (unpaired) electrons. The van der Waals surface area contributed by atoms with Crippen LogP contribution in [0.5, 0.6) is 5.75 Å². The van der Waals surface area contributed by atoms with Gasteiger partial charge in [0.15, 0.2) is 0 Å². The van der Waals surface area contributed by atoms with Gasteiger partial charge in [-0.15, -0.1) is 0 Å². The maximum absolute atomic E-state index is 11.2. The molecule has 1 aromatic carbocycles. The molecular formula is C14H14N2O2. The summed E-state index contributed by atoms with van der Waals surface area (Å²) in [6.45, 7) is 5.21. The summed E-state index contributed by atoms with van der Waals surface area (Å²) in [4.78, 5) is 11.2. The standard InChI is InChI=1S/C14H14N2O2/c1-9(17)16-12-7-14(2,3)18-13-5-4-10(8-15)6-11(12)13/h4-6,12H,1-3H3,(H,16,17). The second kappa shape index (κ2) is 4.34. The summed E-state index contributed by atoms with van der Waals surface area (Å²) < 4.78 is 5.76. The monoisotopic (exact) mass is 242 g/mol. The number of carbonyl (C=O) groups excluding carboxylic acids is 1. The van der Waals surface area contributed by atoms with Crippen LogP contribution in [0.25, 0.3) is 0 Å². The summed E-state index contributed by atoms with van der Waals surface area (Å²) in [5, 5.41) is 11.7. The number of nitrogens with zero attached hydrogens (tertiary/aromatic N) is 1. The average Bonchev–Trinajstić information content (AvgIpc) is 2.26. The highest BCUT2D eigenvalue weighted by Gasteiger charge is 2.35. The lowest BCUT2D eigenvalue weighted by molar-refractivity contribution is -0.119. The Hall–Kier alpha value is -2.02. The third-order valence-electron chi connectivity index (χ3n) is 2.65. The van der Waals surface area contributed by atoms with Gasteiger partial charge in [-0.05, 0) is 32.0 Å². The molecule has 1 unspecified atom stereocenters. The van der Waals surface area contributed by atoms with Crippen molar-refractivity contribution in [1.29, 1.82) is 5.26 Å². The Morgan fingerprint density at radius 2 is 2.28 bits per heavy atom. The molecule has 1 aromatic rings. The van der Waals surface area contributed by atoms with E-state index in [2.05, 4.69) is 17.8 Å². The molecule has 0 saturated heterocycles. The highest BCUT2D eigenvalue weighted by Crippen LogP contribution is 2.39. The van der Waals surface area contributed by atoms with Crippen molar-refractivity contribution in [2.45, 2.75) is 32.4 Å². The van der Waals surface area contributed by atoms with Crippen LogP contribution in [-0.2, 0) is 4.79 Å². The molecule has 4 heteroatoms. The molecule has 1 heterocycles. The van der Waals surface area contributed by atoms with Crippen LogP contribution in [-0.4, -0.2) is 11.5 Å². The molecule has 0 saturated carbocycles. The first-order valence-electron chi connectivity index (χ1n) is 5.69. The molecule has 92 valence electrons. The van der Waals surface area contributed by atoms with E-state index >= 15 is 0 Å². The fraction of sp³-hybridized carbons (Fsp3) is 0.357. The van der Waals surface area contributed by atoms with Gasteiger partial charge in [0, 0.05) is 12.5 Å². The molecular weight excluding hydrogens is 228 g/mol. The minimum Gasteiger partial charge on any atom is -0.487 e. The number of nitrogens with one attached hydrogen (secondary N) is 1. The number of nitriles is 1. The van der Waals surface area contributed by atoms with E-state index in [1.54, 1.807) is 18.2 Å². The van der Waals surface area contributed by atoms with Crippen LogP contribution >= 0.6 is 0 Å². The van der Waals surface area contributed by atoms with Gasteiger partial charge < -0.3 is 10.1 Å². The number of fused-ring (bicyclic) bond motifs is 1. The van der Waals surface area contributed by atoms with Crippen molar-refractivity contribution < 1.29 is 9.53 Å². The van der Waals surface area contributed by atoms with Crippen molar-refractivity contribution in [1.82, 2.24) is 5.32 Å². The molecule has 4 nitrogen and oxygen atoms in total. The van der Waals surface area contributed by atoms with Crippen LogP contribution in [0.3, 0.4) is 0 Å². The second-order valence-corrected chi connectivity index (χ2v) is 4.75. The first-order chi connectivity index (χ1) is 8.41. The van der Waals surface area contributed by atoms with Crippen molar-refractivity contribution in [3.8, 4) is 11.8 Å². The second-order valence-electron chi connectivity index (χ2n) is 4.75. The molecule has 0 fully saturated rings. The Labute approximate surface area is 107 Å². The Bertz CT molecular complexity index is 529. The molecule has 0 aliphatic carbocycles. The van der Waals surface area contributed by atoms with Crippen LogP contribution in [0.4, 0.5) is 0 Å². The molecule has 0 spiro atoms. The van der Waals surface area contributed by atoms with E-state index in [-0.39, 0.29) is 11.9 Å². The normalized spacial score (nSPS) is 20.2. The Kier molecular flexibility index (Phi) is 3.00. The summed E-state index contributed by atoms with van der Waals surface area (Å²) in [5.74, 6) is 0.537. The third kappa shape index (κ3) is 2.45. The van der Waals surface area contributed by atoms with E-state index in [0.717, 1.165) is 5.56 Å². The highest BCUT2D eigenvalue weighted by atomic mass is 16.5. The zero-order valence-corrected chi connectivity index (χ0v) is 10.6. The van der Waals surface area contributed by atoms with E-state index in [4.69, 9.17) is 10.00 Å². The third-order valence-corrected chi connectivity index (χ3v) is 2.65. The molecule has 1 aliphatic rings. The number of hydrogen-bond acceptors (Lipinski definition) is 3. The van der Waals surface area contributed by atoms with E-state index in [1.165, 1.54) is 6.92 Å². The van der Waals surface area contributed by atoms with Crippen LogP contribution < -0.4 is 10.1 Å². The fourth-order valence-electron chi connectivity index (χ4n) is 1.98. The Morgan fingerprint density at radius 3 is 2.89 bits per heavy atom. The Balaban J connectivity index is 2.44. The fourth-order valence-corrected chi connectivity index (χ4v) is 1.98. The van der Waals surface area contributed by atoms with Crippen molar-refractivity contribution in [3.05, 3.63) is 35.7 Å². The first kappa shape index (κ1) is 12.4. The predicted molar refractivity (Wildman–Crippen MR) is 65.7 cm³/mol. The van der Waals surface area contributed by atoms with Gasteiger partial charge in [-0.25, -0.2) is 0 Å². The van der Waals surface area contributed by atoms with Crippen LogP contribution in [0.1, 0.15) is 37.9 Å². The van der Waals surface area contributed by atoms with Gasteiger partial charge >= 0.3 is 0 Å². The Morgan fingerprint density at radius 1 is 1.56 bits per heavy atom. The molecule has 1 aliphatic heterocycles. The molecule has 18 heavy (non-hydrogen) atoms. The van der Waals surface area contributed by atoms with Crippen molar-refractivity contribution >= 4 is 5.91 Å². The largest absolute Gasteiger partial charge is 0.487 e.